The Morgan fingerprint density at radius 3 is 2.19 bits per heavy atom. The van der Waals surface area contributed by atoms with E-state index >= 15 is 0 Å². The molecule has 0 radical (unpaired) electrons. The van der Waals surface area contributed by atoms with Crippen LogP contribution in [0.2, 0.25) is 0 Å². The van der Waals surface area contributed by atoms with Gasteiger partial charge in [-0.05, 0) is 17.5 Å². The van der Waals surface area contributed by atoms with Crippen LogP contribution in [0.3, 0.4) is 0 Å². The van der Waals surface area contributed by atoms with Crippen molar-refractivity contribution in [3.63, 3.8) is 0 Å². The summed E-state index contributed by atoms with van der Waals surface area (Å²) in [5, 5.41) is 2.89. The second-order valence-electron chi connectivity index (χ2n) is 5.48. The molecule has 0 unspecified atom stereocenters. The molecule has 27 heavy (non-hydrogen) atoms. The lowest BCUT2D eigenvalue weighted by atomic mass is 10.1. The summed E-state index contributed by atoms with van der Waals surface area (Å²) in [7, 11) is 3.19. The average molecular weight is 362 g/mol. The van der Waals surface area contributed by atoms with Crippen LogP contribution in [0.4, 0.5) is 0 Å². The number of nitrogens with zero attached hydrogens (tertiary/aromatic N) is 2. The van der Waals surface area contributed by atoms with Gasteiger partial charge in [-0.1, -0.05) is 50.2 Å². The number of rotatable bonds is 4. The minimum absolute atomic E-state index is 0.474. The van der Waals surface area contributed by atoms with E-state index in [1.54, 1.807) is 14.2 Å². The second-order valence-corrected chi connectivity index (χ2v) is 5.48. The molecule has 5 nitrogen and oxygen atoms in total. The van der Waals surface area contributed by atoms with Gasteiger partial charge < -0.3 is 14.2 Å². The Morgan fingerprint density at radius 1 is 0.704 bits per heavy atom. The molecule has 0 bridgehead atoms. The first-order valence-corrected chi connectivity index (χ1v) is 8.82. The van der Waals surface area contributed by atoms with Gasteiger partial charge in [-0.25, -0.2) is 9.97 Å². The summed E-state index contributed by atoms with van der Waals surface area (Å²) < 4.78 is 16.8. The minimum Gasteiger partial charge on any atom is -0.493 e. The molecule has 0 saturated heterocycles. The molecule has 0 aliphatic heterocycles. The van der Waals surface area contributed by atoms with E-state index in [9.17, 15) is 0 Å². The summed E-state index contributed by atoms with van der Waals surface area (Å²) in [6.45, 7) is 4.00. The molecule has 138 valence electrons. The van der Waals surface area contributed by atoms with Gasteiger partial charge in [0.25, 0.3) is 0 Å². The predicted octanol–water partition coefficient (Wildman–Crippen LogP) is 5.62. The molecule has 4 rings (SSSR count). The Morgan fingerprint density at radius 2 is 1.41 bits per heavy atom. The lowest BCUT2D eigenvalue weighted by Crippen LogP contribution is -1.95. The number of hydrogen-bond donors (Lipinski definition) is 0. The van der Waals surface area contributed by atoms with E-state index in [-0.39, 0.29) is 0 Å². The van der Waals surface area contributed by atoms with E-state index in [0.29, 0.717) is 17.4 Å². The highest BCUT2D eigenvalue weighted by atomic mass is 16.5. The van der Waals surface area contributed by atoms with Crippen molar-refractivity contribution in [3.8, 4) is 23.1 Å². The summed E-state index contributed by atoms with van der Waals surface area (Å²) in [5.41, 5.74) is 0.725. The van der Waals surface area contributed by atoms with E-state index in [1.165, 1.54) is 6.33 Å². The van der Waals surface area contributed by atoms with Gasteiger partial charge in [-0.15, -0.1) is 0 Å². The molecule has 0 aliphatic rings. The van der Waals surface area contributed by atoms with Gasteiger partial charge in [0.15, 0.2) is 11.5 Å². The van der Waals surface area contributed by atoms with E-state index < -0.39 is 0 Å². The predicted molar refractivity (Wildman–Crippen MR) is 108 cm³/mol. The number of aromatic nitrogens is 2. The topological polar surface area (TPSA) is 53.5 Å². The second kappa shape index (κ2) is 8.36. The third-order valence-electron chi connectivity index (χ3n) is 4.06. The normalized spacial score (nSPS) is 10.2. The zero-order valence-corrected chi connectivity index (χ0v) is 15.9. The molecule has 3 aromatic carbocycles. The van der Waals surface area contributed by atoms with Crippen molar-refractivity contribution in [1.82, 2.24) is 9.97 Å². The number of hydrogen-bond acceptors (Lipinski definition) is 5. The van der Waals surface area contributed by atoms with Gasteiger partial charge in [-0.2, -0.15) is 0 Å². The van der Waals surface area contributed by atoms with Gasteiger partial charge >= 0.3 is 0 Å². The SMILES string of the molecule is CC.COc1cc2ncnc(Oc3cccc4ccccc34)c2cc1OC. The van der Waals surface area contributed by atoms with Crippen molar-refractivity contribution in [3.05, 3.63) is 60.9 Å². The van der Waals surface area contributed by atoms with Crippen molar-refractivity contribution in [1.29, 1.82) is 0 Å². The molecule has 0 fully saturated rings. The zero-order chi connectivity index (χ0) is 19.2. The fraction of sp³-hybridized carbons (Fsp3) is 0.182. The van der Waals surface area contributed by atoms with E-state index in [4.69, 9.17) is 14.2 Å². The molecule has 0 N–H and O–H groups in total. The fourth-order valence-electron chi connectivity index (χ4n) is 2.83. The van der Waals surface area contributed by atoms with Crippen LogP contribution in [0, 0.1) is 0 Å². The Hall–Kier alpha value is -3.34. The highest BCUT2D eigenvalue weighted by Crippen LogP contribution is 2.37. The van der Waals surface area contributed by atoms with Crippen molar-refractivity contribution in [2.24, 2.45) is 0 Å². The van der Waals surface area contributed by atoms with Crippen molar-refractivity contribution in [2.75, 3.05) is 14.2 Å². The maximum atomic E-state index is 6.13. The van der Waals surface area contributed by atoms with Gasteiger partial charge in [0.2, 0.25) is 5.88 Å². The molecular weight excluding hydrogens is 340 g/mol. The first-order valence-electron chi connectivity index (χ1n) is 8.82. The molecular formula is C22H22N2O3. The van der Waals surface area contributed by atoms with Gasteiger partial charge in [0, 0.05) is 11.5 Å². The Kier molecular flexibility index (Phi) is 5.71. The molecule has 0 atom stereocenters. The largest absolute Gasteiger partial charge is 0.493 e. The Labute approximate surface area is 158 Å². The molecule has 4 aromatic rings. The molecule has 1 heterocycles. The molecule has 1 aromatic heterocycles. The van der Waals surface area contributed by atoms with Crippen LogP contribution >= 0.6 is 0 Å². The number of fused-ring (bicyclic) bond motifs is 2. The smallest absolute Gasteiger partial charge is 0.230 e. The number of methoxy groups -OCH3 is 2. The summed E-state index contributed by atoms with van der Waals surface area (Å²) in [6, 6.07) is 17.6. The van der Waals surface area contributed by atoms with Crippen LogP contribution in [0.15, 0.2) is 60.9 Å². The molecule has 0 aliphatic carbocycles. The average Bonchev–Trinajstić information content (AvgIpc) is 2.74. The highest BCUT2D eigenvalue weighted by molar-refractivity contribution is 5.90. The Bertz CT molecular complexity index is 1060. The summed E-state index contributed by atoms with van der Waals surface area (Å²) in [4.78, 5) is 8.61. The van der Waals surface area contributed by atoms with Gasteiger partial charge in [0.1, 0.15) is 12.1 Å². The van der Waals surface area contributed by atoms with E-state index in [2.05, 4.69) is 9.97 Å². The van der Waals surface area contributed by atoms with Crippen molar-refractivity contribution in [2.45, 2.75) is 13.8 Å². The minimum atomic E-state index is 0.474. The standard InChI is InChI=1S/C20H16N2O3.C2H6/c1-23-18-10-15-16(11-19(18)24-2)21-12-22-20(15)25-17-9-5-7-13-6-3-4-8-14(13)17;1-2/h3-12H,1-2H3;1-2H3. The maximum Gasteiger partial charge on any atom is 0.230 e. The van der Waals surface area contributed by atoms with Crippen LogP contribution in [-0.2, 0) is 0 Å². The molecule has 0 amide bonds. The Balaban J connectivity index is 0.00000102. The van der Waals surface area contributed by atoms with E-state index in [1.807, 2.05) is 68.4 Å². The molecule has 5 heteroatoms. The quantitative estimate of drug-likeness (QED) is 0.472. The van der Waals surface area contributed by atoms with Crippen molar-refractivity contribution < 1.29 is 14.2 Å². The lowest BCUT2D eigenvalue weighted by Gasteiger charge is -2.12. The fourth-order valence-corrected chi connectivity index (χ4v) is 2.83. The monoisotopic (exact) mass is 362 g/mol. The van der Waals surface area contributed by atoms with Crippen molar-refractivity contribution >= 4 is 21.7 Å². The van der Waals surface area contributed by atoms with E-state index in [0.717, 1.165) is 27.4 Å². The van der Waals surface area contributed by atoms with Crippen LogP contribution in [0.1, 0.15) is 13.8 Å². The molecule has 0 spiro atoms. The first kappa shape index (κ1) is 18.5. The third-order valence-corrected chi connectivity index (χ3v) is 4.06. The summed E-state index contributed by atoms with van der Waals surface area (Å²) in [6.07, 6.45) is 1.48. The van der Waals surface area contributed by atoms with Crippen LogP contribution in [0.5, 0.6) is 23.1 Å². The van der Waals surface area contributed by atoms with Crippen LogP contribution in [-0.4, -0.2) is 24.2 Å². The summed E-state index contributed by atoms with van der Waals surface area (Å²) in [5.74, 6) is 2.44. The maximum absolute atomic E-state index is 6.13. The number of ether oxygens (including phenoxy) is 3. The molecule has 0 saturated carbocycles. The summed E-state index contributed by atoms with van der Waals surface area (Å²) >= 11 is 0. The van der Waals surface area contributed by atoms with Crippen LogP contribution in [0.25, 0.3) is 21.7 Å². The number of benzene rings is 3. The zero-order valence-electron chi connectivity index (χ0n) is 15.9. The first-order chi connectivity index (χ1) is 13.3. The highest BCUT2D eigenvalue weighted by Gasteiger charge is 2.13. The van der Waals surface area contributed by atoms with Gasteiger partial charge in [0.05, 0.1) is 25.1 Å². The third kappa shape index (κ3) is 3.62. The lowest BCUT2D eigenvalue weighted by molar-refractivity contribution is 0.355. The van der Waals surface area contributed by atoms with Gasteiger partial charge in [-0.3, -0.25) is 0 Å². The van der Waals surface area contributed by atoms with Crippen LogP contribution < -0.4 is 14.2 Å².